The molecule has 0 aliphatic carbocycles. The van der Waals surface area contributed by atoms with E-state index in [0.717, 1.165) is 0 Å². The number of rotatable bonds is 6. The largest absolute Gasteiger partial charge is 0.496 e. The molecule has 2 N–H and O–H groups in total. The quantitative estimate of drug-likeness (QED) is 0.717. The second-order valence-electron chi connectivity index (χ2n) is 3.15. The minimum Gasteiger partial charge on any atom is -0.496 e. The van der Waals surface area contributed by atoms with Crippen LogP contribution in [0.2, 0.25) is 0 Å². The highest BCUT2D eigenvalue weighted by Gasteiger charge is 2.18. The zero-order chi connectivity index (χ0) is 13.5. The maximum atomic E-state index is 11.8. The van der Waals surface area contributed by atoms with Gasteiger partial charge in [-0.05, 0) is 12.1 Å². The number of nitrogens with one attached hydrogen (secondary N) is 1. The van der Waals surface area contributed by atoms with Crippen LogP contribution in [-0.2, 0) is 9.63 Å². The van der Waals surface area contributed by atoms with Crippen molar-refractivity contribution in [3.8, 4) is 11.5 Å². The number of hydrogen-bond acceptors (Lipinski definition) is 5. The number of carbonyl (C=O) groups excluding carboxylic acids is 1. The number of aliphatic carboxylic acids is 1. The first-order chi connectivity index (χ1) is 8.60. The number of methoxy groups -OCH3 is 2. The Labute approximate surface area is 103 Å². The van der Waals surface area contributed by atoms with Crippen LogP contribution in [0.4, 0.5) is 0 Å². The van der Waals surface area contributed by atoms with Crippen LogP contribution in [0, 0.1) is 0 Å². The van der Waals surface area contributed by atoms with Crippen molar-refractivity contribution in [2.45, 2.75) is 0 Å². The summed E-state index contributed by atoms with van der Waals surface area (Å²) in [5, 5.41) is 8.37. The molecule has 0 spiro atoms. The molecule has 98 valence electrons. The monoisotopic (exact) mass is 255 g/mol. The van der Waals surface area contributed by atoms with E-state index in [1.165, 1.54) is 14.2 Å². The van der Waals surface area contributed by atoms with Crippen molar-refractivity contribution < 1.29 is 29.0 Å². The van der Waals surface area contributed by atoms with Gasteiger partial charge in [-0.25, -0.2) is 10.3 Å². The van der Waals surface area contributed by atoms with E-state index in [9.17, 15) is 9.59 Å². The lowest BCUT2D eigenvalue weighted by Crippen LogP contribution is -2.27. The molecule has 0 bridgehead atoms. The Morgan fingerprint density at radius 1 is 1.22 bits per heavy atom. The standard InChI is InChI=1S/C11H13NO6/c1-16-7-4-3-5-8(17-2)10(7)11(15)12-18-6-9(13)14/h3-5H,6H2,1-2H3,(H,12,15)(H,13,14). The van der Waals surface area contributed by atoms with Crippen LogP contribution in [0.5, 0.6) is 11.5 Å². The van der Waals surface area contributed by atoms with Crippen LogP contribution in [0.25, 0.3) is 0 Å². The highest BCUT2D eigenvalue weighted by atomic mass is 16.7. The lowest BCUT2D eigenvalue weighted by molar-refractivity contribution is -0.144. The summed E-state index contributed by atoms with van der Waals surface area (Å²) < 4.78 is 10.0. The summed E-state index contributed by atoms with van der Waals surface area (Å²) in [6.45, 7) is -0.636. The highest BCUT2D eigenvalue weighted by molar-refractivity contribution is 5.99. The number of amides is 1. The molecule has 7 nitrogen and oxygen atoms in total. The van der Waals surface area contributed by atoms with Gasteiger partial charge in [0.25, 0.3) is 5.91 Å². The summed E-state index contributed by atoms with van der Waals surface area (Å²) in [6.07, 6.45) is 0. The SMILES string of the molecule is COc1cccc(OC)c1C(=O)NOCC(=O)O. The van der Waals surface area contributed by atoms with Crippen molar-refractivity contribution in [3.05, 3.63) is 23.8 Å². The number of hydrogen-bond donors (Lipinski definition) is 2. The number of carbonyl (C=O) groups is 2. The van der Waals surface area contributed by atoms with E-state index in [2.05, 4.69) is 4.84 Å². The van der Waals surface area contributed by atoms with Crippen molar-refractivity contribution in [2.24, 2.45) is 0 Å². The van der Waals surface area contributed by atoms with E-state index in [-0.39, 0.29) is 5.56 Å². The minimum atomic E-state index is -1.19. The van der Waals surface area contributed by atoms with Crippen LogP contribution in [0.15, 0.2) is 18.2 Å². The number of benzene rings is 1. The summed E-state index contributed by atoms with van der Waals surface area (Å²) in [7, 11) is 2.81. The normalized spacial score (nSPS) is 9.67. The van der Waals surface area contributed by atoms with E-state index in [0.29, 0.717) is 11.5 Å². The Kier molecular flexibility index (Phi) is 4.94. The molecule has 0 aliphatic heterocycles. The van der Waals surface area contributed by atoms with Crippen molar-refractivity contribution in [2.75, 3.05) is 20.8 Å². The Morgan fingerprint density at radius 3 is 2.22 bits per heavy atom. The third-order valence-corrected chi connectivity index (χ3v) is 2.02. The fraction of sp³-hybridized carbons (Fsp3) is 0.273. The molecular weight excluding hydrogens is 242 g/mol. The van der Waals surface area contributed by atoms with Crippen LogP contribution in [0.1, 0.15) is 10.4 Å². The van der Waals surface area contributed by atoms with Gasteiger partial charge < -0.3 is 14.6 Å². The van der Waals surface area contributed by atoms with E-state index >= 15 is 0 Å². The number of carboxylic acids is 1. The second-order valence-corrected chi connectivity index (χ2v) is 3.15. The van der Waals surface area contributed by atoms with Crippen molar-refractivity contribution in [1.82, 2.24) is 5.48 Å². The second kappa shape index (κ2) is 6.45. The lowest BCUT2D eigenvalue weighted by atomic mass is 10.1. The summed E-state index contributed by atoms with van der Waals surface area (Å²) in [6, 6.07) is 4.82. The van der Waals surface area contributed by atoms with E-state index in [1.54, 1.807) is 18.2 Å². The van der Waals surface area contributed by atoms with Crippen LogP contribution in [0.3, 0.4) is 0 Å². The topological polar surface area (TPSA) is 94.1 Å². The third kappa shape index (κ3) is 3.36. The summed E-state index contributed by atoms with van der Waals surface area (Å²) >= 11 is 0. The molecule has 0 unspecified atom stereocenters. The van der Waals surface area contributed by atoms with E-state index < -0.39 is 18.5 Å². The molecule has 0 fully saturated rings. The van der Waals surface area contributed by atoms with Gasteiger partial charge >= 0.3 is 5.97 Å². The van der Waals surface area contributed by atoms with Gasteiger partial charge in [0.2, 0.25) is 0 Å². The fourth-order valence-electron chi connectivity index (χ4n) is 1.29. The molecule has 1 rings (SSSR count). The smallest absolute Gasteiger partial charge is 0.332 e. The zero-order valence-electron chi connectivity index (χ0n) is 9.93. The maximum Gasteiger partial charge on any atom is 0.332 e. The predicted octanol–water partition coefficient (Wildman–Crippen LogP) is 0.450. The van der Waals surface area contributed by atoms with Crippen molar-refractivity contribution in [3.63, 3.8) is 0 Å². The van der Waals surface area contributed by atoms with E-state index in [1.807, 2.05) is 5.48 Å². The zero-order valence-corrected chi connectivity index (χ0v) is 9.93. The molecule has 7 heteroatoms. The van der Waals surface area contributed by atoms with Crippen LogP contribution < -0.4 is 15.0 Å². The average Bonchev–Trinajstić information content (AvgIpc) is 2.36. The molecule has 0 radical (unpaired) electrons. The molecule has 0 heterocycles. The number of carboxylic acid groups (broad SMARTS) is 1. The van der Waals surface area contributed by atoms with Crippen molar-refractivity contribution in [1.29, 1.82) is 0 Å². The average molecular weight is 255 g/mol. The number of ether oxygens (including phenoxy) is 2. The Morgan fingerprint density at radius 2 is 1.78 bits per heavy atom. The molecule has 0 saturated heterocycles. The van der Waals surface area contributed by atoms with E-state index in [4.69, 9.17) is 14.6 Å². The molecule has 1 amide bonds. The molecule has 1 aromatic rings. The van der Waals surface area contributed by atoms with Crippen LogP contribution >= 0.6 is 0 Å². The number of hydroxylamine groups is 1. The maximum absolute atomic E-state index is 11.8. The lowest BCUT2D eigenvalue weighted by Gasteiger charge is -2.12. The highest BCUT2D eigenvalue weighted by Crippen LogP contribution is 2.27. The molecule has 0 saturated carbocycles. The molecule has 0 atom stereocenters. The third-order valence-electron chi connectivity index (χ3n) is 2.02. The molecule has 1 aromatic carbocycles. The first-order valence-electron chi connectivity index (χ1n) is 4.95. The van der Waals surface area contributed by atoms with Gasteiger partial charge in [-0.3, -0.25) is 9.63 Å². The van der Waals surface area contributed by atoms with Gasteiger partial charge in [0.05, 0.1) is 14.2 Å². The van der Waals surface area contributed by atoms with Gasteiger partial charge in [-0.15, -0.1) is 0 Å². The minimum absolute atomic E-state index is 0.132. The van der Waals surface area contributed by atoms with Crippen LogP contribution in [-0.4, -0.2) is 37.8 Å². The Balaban J connectivity index is 2.86. The van der Waals surface area contributed by atoms with Gasteiger partial charge in [0, 0.05) is 0 Å². The molecule has 0 aromatic heterocycles. The van der Waals surface area contributed by atoms with Gasteiger partial charge in [-0.1, -0.05) is 6.07 Å². The molecule has 18 heavy (non-hydrogen) atoms. The summed E-state index contributed by atoms with van der Waals surface area (Å²) in [5.74, 6) is -1.25. The Bertz CT molecular complexity index is 423. The molecular formula is C11H13NO6. The Hall–Kier alpha value is -2.28. The summed E-state index contributed by atoms with van der Waals surface area (Å²) in [4.78, 5) is 26.5. The van der Waals surface area contributed by atoms with Crippen molar-refractivity contribution >= 4 is 11.9 Å². The summed E-state index contributed by atoms with van der Waals surface area (Å²) in [5.41, 5.74) is 2.13. The first kappa shape index (κ1) is 13.8. The van der Waals surface area contributed by atoms with Gasteiger partial charge in [0.15, 0.2) is 6.61 Å². The van der Waals surface area contributed by atoms with Gasteiger partial charge in [0.1, 0.15) is 17.1 Å². The van der Waals surface area contributed by atoms with Gasteiger partial charge in [-0.2, -0.15) is 0 Å². The fourth-order valence-corrected chi connectivity index (χ4v) is 1.29. The molecule has 0 aliphatic rings. The first-order valence-corrected chi connectivity index (χ1v) is 4.95. The predicted molar refractivity (Wildman–Crippen MR) is 60.6 cm³/mol.